The maximum atomic E-state index is 13.2. The lowest BCUT2D eigenvalue weighted by atomic mass is 9.90. The summed E-state index contributed by atoms with van der Waals surface area (Å²) in [5, 5.41) is 2.58. The molecule has 3 N–H and O–H groups in total. The van der Waals surface area contributed by atoms with Crippen LogP contribution in [0.3, 0.4) is 0 Å². The molecule has 2 aliphatic rings. The predicted molar refractivity (Wildman–Crippen MR) is 165 cm³/mol. The summed E-state index contributed by atoms with van der Waals surface area (Å²) in [5.41, 5.74) is 8.21. The van der Waals surface area contributed by atoms with Gasteiger partial charge >= 0.3 is 0 Å². The van der Waals surface area contributed by atoms with Crippen LogP contribution >= 0.6 is 0 Å². The molecule has 6 rings (SSSR count). The Balaban J connectivity index is 1.33. The molecule has 0 spiro atoms. The Morgan fingerprint density at radius 1 is 1.13 bits per heavy atom. The third kappa shape index (κ3) is 5.91. The molecule has 2 fully saturated rings. The molecule has 0 bridgehead atoms. The van der Waals surface area contributed by atoms with E-state index >= 15 is 0 Å². The topological polar surface area (TPSA) is 131 Å². The molecule has 1 aromatic carbocycles. The fraction of sp³-hybridized carbons (Fsp3) is 0.406. The lowest BCUT2D eigenvalue weighted by molar-refractivity contribution is -0.143. The van der Waals surface area contributed by atoms with Gasteiger partial charge in [0, 0.05) is 66.4 Å². The van der Waals surface area contributed by atoms with Gasteiger partial charge in [-0.25, -0.2) is 23.7 Å². The van der Waals surface area contributed by atoms with Crippen LogP contribution in [0.1, 0.15) is 67.7 Å². The van der Waals surface area contributed by atoms with Crippen LogP contribution < -0.4 is 15.8 Å². The summed E-state index contributed by atoms with van der Waals surface area (Å²) < 4.78 is 34.2. The van der Waals surface area contributed by atoms with Crippen molar-refractivity contribution in [3.63, 3.8) is 0 Å². The molecule has 11 nitrogen and oxygen atoms in total. The van der Waals surface area contributed by atoms with Gasteiger partial charge in [0.15, 0.2) is 0 Å². The van der Waals surface area contributed by atoms with E-state index in [0.29, 0.717) is 48.3 Å². The number of ether oxygens (including phenoxy) is 1. The lowest BCUT2D eigenvalue weighted by Crippen LogP contribution is -2.60. The number of hydrogen-bond acceptors (Lipinski definition) is 8. The predicted octanol–water partition coefficient (Wildman–Crippen LogP) is 4.76. The third-order valence-corrected chi connectivity index (χ3v) is 8.59. The number of pyridine rings is 1. The van der Waals surface area contributed by atoms with E-state index in [0.717, 1.165) is 31.3 Å². The molecule has 4 aromatic rings. The van der Waals surface area contributed by atoms with Crippen molar-refractivity contribution in [1.29, 1.82) is 0 Å². The summed E-state index contributed by atoms with van der Waals surface area (Å²) in [5.74, 6) is 1.07. The second-order valence-corrected chi connectivity index (χ2v) is 11.7. The number of anilines is 2. The Kier molecular flexibility index (Phi) is 8.36. The first-order chi connectivity index (χ1) is 21.6. The maximum Gasteiger partial charge on any atom is 0.264 e. The van der Waals surface area contributed by atoms with Crippen LogP contribution in [0.4, 0.5) is 20.4 Å². The molecular weight excluding hydrogens is 582 g/mol. The summed E-state index contributed by atoms with van der Waals surface area (Å²) >= 11 is 0. The molecule has 2 saturated heterocycles. The smallest absolute Gasteiger partial charge is 0.264 e. The number of nitrogen functional groups attached to an aromatic ring is 1. The third-order valence-electron chi connectivity index (χ3n) is 8.59. The Labute approximate surface area is 259 Å². The number of piperazine rings is 1. The van der Waals surface area contributed by atoms with E-state index in [1.165, 1.54) is 12.3 Å². The van der Waals surface area contributed by atoms with Crippen molar-refractivity contribution >= 4 is 29.0 Å². The average molecular weight is 619 g/mol. The molecule has 45 heavy (non-hydrogen) atoms. The fourth-order valence-electron chi connectivity index (χ4n) is 6.26. The summed E-state index contributed by atoms with van der Waals surface area (Å²) in [6, 6.07) is 7.75. The number of nitrogens with one attached hydrogen (secondary N) is 1. The number of benzene rings is 1. The standard InChI is InChI=1S/C32H36F2N8O3/c1-4-45-24-13-20(32(44)38-25-14-19(29(33)34)9-10-36-25)6-8-23(24)27-28-30(35)37-11-12-41(28)31(39-27)21-5-7-22-16-40(18(2)3)17-26(43)42(22)15-21/h6,8-14,18,21-22,29H,4-5,7,15-17H2,1-3H3,(H2,35,37)(H,36,38,44)/t21-,22+/m1/s1. The van der Waals surface area contributed by atoms with Crippen LogP contribution in [-0.4, -0.2) is 79.3 Å². The van der Waals surface area contributed by atoms with Crippen LogP contribution in [0, 0.1) is 0 Å². The largest absolute Gasteiger partial charge is 0.493 e. The minimum atomic E-state index is -2.69. The zero-order valence-electron chi connectivity index (χ0n) is 25.4. The maximum absolute atomic E-state index is 13.2. The number of hydrogen-bond donors (Lipinski definition) is 2. The molecule has 5 heterocycles. The van der Waals surface area contributed by atoms with Gasteiger partial charge in [-0.15, -0.1) is 0 Å². The zero-order chi connectivity index (χ0) is 31.8. The molecule has 0 aliphatic carbocycles. The molecular formula is C32H36F2N8O3. The van der Waals surface area contributed by atoms with Gasteiger partial charge in [-0.1, -0.05) is 0 Å². The molecule has 2 amide bonds. The number of halogens is 2. The lowest BCUT2D eigenvalue weighted by Gasteiger charge is -2.46. The first kappa shape index (κ1) is 30.4. The van der Waals surface area contributed by atoms with Crippen LogP contribution in [0.2, 0.25) is 0 Å². The van der Waals surface area contributed by atoms with Gasteiger partial charge < -0.3 is 20.7 Å². The van der Waals surface area contributed by atoms with Crippen LogP contribution in [0.15, 0.2) is 48.9 Å². The summed E-state index contributed by atoms with van der Waals surface area (Å²) in [6.07, 6.45) is 3.72. The Hall–Kier alpha value is -4.65. The number of carbonyl (C=O) groups is 2. The first-order valence-corrected chi connectivity index (χ1v) is 15.1. The van der Waals surface area contributed by atoms with Gasteiger partial charge in [0.25, 0.3) is 12.3 Å². The normalized spacial score (nSPS) is 18.9. The number of alkyl halides is 2. The van der Waals surface area contributed by atoms with Gasteiger partial charge in [0.05, 0.1) is 13.2 Å². The first-order valence-electron chi connectivity index (χ1n) is 15.1. The molecule has 13 heteroatoms. The van der Waals surface area contributed by atoms with Crippen molar-refractivity contribution < 1.29 is 23.1 Å². The Morgan fingerprint density at radius 2 is 1.96 bits per heavy atom. The molecule has 2 aliphatic heterocycles. The highest BCUT2D eigenvalue weighted by molar-refractivity contribution is 6.04. The number of nitrogens with zero attached hydrogens (tertiary/aromatic N) is 6. The van der Waals surface area contributed by atoms with E-state index in [-0.39, 0.29) is 40.6 Å². The second-order valence-electron chi connectivity index (χ2n) is 11.7. The van der Waals surface area contributed by atoms with Crippen molar-refractivity contribution in [2.75, 3.05) is 37.3 Å². The number of rotatable bonds is 8. The van der Waals surface area contributed by atoms with Gasteiger partial charge in [-0.3, -0.25) is 18.9 Å². The van der Waals surface area contributed by atoms with Crippen LogP contribution in [0.25, 0.3) is 16.8 Å². The SMILES string of the molecule is CCOc1cc(C(=O)Nc2cc(C(F)F)ccn2)ccc1-c1nc([C@@H]2CC[C@H]3CN(C(C)C)CC(=O)N3C2)n2ccnc(N)c12. The number of amides is 2. The quantitative estimate of drug-likeness (QED) is 0.289. The van der Waals surface area contributed by atoms with E-state index in [1.807, 2.05) is 22.4 Å². The summed E-state index contributed by atoms with van der Waals surface area (Å²) in [7, 11) is 0. The number of nitrogens with two attached hydrogens (primary N) is 1. The van der Waals surface area contributed by atoms with E-state index in [2.05, 4.69) is 34.0 Å². The van der Waals surface area contributed by atoms with Crippen molar-refractivity contribution in [2.45, 2.75) is 58.0 Å². The molecule has 0 radical (unpaired) electrons. The highest BCUT2D eigenvalue weighted by atomic mass is 19.3. The molecule has 3 aromatic heterocycles. The van der Waals surface area contributed by atoms with E-state index in [9.17, 15) is 18.4 Å². The van der Waals surface area contributed by atoms with Gasteiger partial charge in [-0.2, -0.15) is 0 Å². The molecule has 0 unspecified atom stereocenters. The molecule has 236 valence electrons. The van der Waals surface area contributed by atoms with Crippen molar-refractivity contribution in [2.24, 2.45) is 0 Å². The van der Waals surface area contributed by atoms with E-state index < -0.39 is 12.3 Å². The Bertz CT molecular complexity index is 1740. The van der Waals surface area contributed by atoms with Crippen molar-refractivity contribution in [3.05, 3.63) is 65.9 Å². The van der Waals surface area contributed by atoms with Crippen molar-refractivity contribution in [3.8, 4) is 17.0 Å². The highest BCUT2D eigenvalue weighted by Crippen LogP contribution is 2.39. The molecule has 2 atom stereocenters. The van der Waals surface area contributed by atoms with E-state index in [4.69, 9.17) is 15.5 Å². The minimum Gasteiger partial charge on any atom is -0.493 e. The van der Waals surface area contributed by atoms with Gasteiger partial charge in [0.2, 0.25) is 5.91 Å². The second kappa shape index (κ2) is 12.4. The van der Waals surface area contributed by atoms with Crippen LogP contribution in [0.5, 0.6) is 5.75 Å². The minimum absolute atomic E-state index is 0.0160. The number of imidazole rings is 1. The highest BCUT2D eigenvalue weighted by Gasteiger charge is 2.39. The van der Waals surface area contributed by atoms with Crippen molar-refractivity contribution in [1.82, 2.24) is 29.2 Å². The fourth-order valence-corrected chi connectivity index (χ4v) is 6.26. The van der Waals surface area contributed by atoms with Gasteiger partial charge in [0.1, 0.15) is 34.4 Å². The average Bonchev–Trinajstić information content (AvgIpc) is 3.42. The number of piperidine rings is 1. The Morgan fingerprint density at radius 3 is 2.71 bits per heavy atom. The van der Waals surface area contributed by atoms with E-state index in [1.54, 1.807) is 24.4 Å². The number of aromatic nitrogens is 4. The van der Waals surface area contributed by atoms with Crippen LogP contribution in [-0.2, 0) is 4.79 Å². The number of fused-ring (bicyclic) bond motifs is 2. The number of carbonyl (C=O) groups excluding carboxylic acids is 2. The molecule has 0 saturated carbocycles. The zero-order valence-corrected chi connectivity index (χ0v) is 25.4. The monoisotopic (exact) mass is 618 g/mol. The summed E-state index contributed by atoms with van der Waals surface area (Å²) in [6.45, 7) is 8.23. The summed E-state index contributed by atoms with van der Waals surface area (Å²) in [4.78, 5) is 43.9. The van der Waals surface area contributed by atoms with Gasteiger partial charge in [-0.05, 0) is 63.9 Å².